The van der Waals surface area contributed by atoms with Gasteiger partial charge in [-0.25, -0.2) is 0 Å². The molecule has 0 N–H and O–H groups in total. The molecule has 0 aliphatic carbocycles. The predicted molar refractivity (Wildman–Crippen MR) is 72.4 cm³/mol. The van der Waals surface area contributed by atoms with Gasteiger partial charge in [-0.2, -0.15) is 0 Å². The van der Waals surface area contributed by atoms with Gasteiger partial charge in [0.05, 0.1) is 0 Å². The van der Waals surface area contributed by atoms with Gasteiger partial charge in [-0.15, -0.1) is 33.7 Å². The van der Waals surface area contributed by atoms with E-state index < -0.39 is 0 Å². The summed E-state index contributed by atoms with van der Waals surface area (Å²) >= 11 is 0.271. The van der Waals surface area contributed by atoms with E-state index in [4.69, 9.17) is 0 Å². The maximum absolute atomic E-state index is 2.20. The Hall–Kier alpha value is -0.448. The lowest BCUT2D eigenvalue weighted by molar-refractivity contribution is 1.75. The first-order valence-corrected chi connectivity index (χ1v) is 5.55. The van der Waals surface area contributed by atoms with Gasteiger partial charge in [-0.3, -0.25) is 0 Å². The van der Waals surface area contributed by atoms with Gasteiger partial charge in [0.15, 0.2) is 0 Å². The molecule has 1 radical (unpaired) electrons. The number of hydrogen-bond acceptors (Lipinski definition) is 0. The molecule has 0 aromatic heterocycles. The van der Waals surface area contributed by atoms with Crippen LogP contribution < -0.4 is 8.85 Å². The second-order valence-electron chi connectivity index (χ2n) is 2.97. The average Bonchev–Trinajstić information content (AvgIpc) is 2.21. The van der Waals surface area contributed by atoms with Crippen LogP contribution in [0.2, 0.25) is 0 Å². The van der Waals surface area contributed by atoms with Gasteiger partial charge in [0.2, 0.25) is 0 Å². The minimum Gasteiger partial charge on any atom is -0.147 e. The first-order chi connectivity index (χ1) is 6.45. The van der Waals surface area contributed by atoms with Crippen molar-refractivity contribution in [2.45, 2.75) is 0 Å². The monoisotopic (exact) mass is 253 g/mol. The first kappa shape index (κ1) is 14.6. The summed E-state index contributed by atoms with van der Waals surface area (Å²) in [4.78, 5) is 0. The van der Waals surface area contributed by atoms with Crippen molar-refractivity contribution in [3.8, 4) is 0 Å². The molecule has 0 nitrogen and oxygen atoms in total. The second-order valence-corrected chi connectivity index (χ2v) is 4.59. The summed E-state index contributed by atoms with van der Waals surface area (Å²) in [7, 11) is 0. The molecule has 2 aromatic rings. The third-order valence-corrected chi connectivity index (χ3v) is 3.37. The lowest BCUT2D eigenvalue weighted by Gasteiger charge is -1.98. The van der Waals surface area contributed by atoms with Crippen molar-refractivity contribution in [3.05, 3.63) is 60.7 Å². The Bertz CT molecular complexity index is 324. The molecule has 0 spiro atoms. The molecular formula is C12H12AlCl2. The molecule has 0 aliphatic rings. The van der Waals surface area contributed by atoms with Gasteiger partial charge in [-0.1, -0.05) is 60.7 Å². The van der Waals surface area contributed by atoms with Gasteiger partial charge in [-0.05, 0) is 0 Å². The van der Waals surface area contributed by atoms with Crippen LogP contribution >= 0.6 is 24.8 Å². The van der Waals surface area contributed by atoms with E-state index in [0.717, 1.165) is 0 Å². The summed E-state index contributed by atoms with van der Waals surface area (Å²) < 4.78 is 2.90. The van der Waals surface area contributed by atoms with E-state index in [2.05, 4.69) is 60.7 Å². The van der Waals surface area contributed by atoms with Crippen LogP contribution in [0.1, 0.15) is 0 Å². The summed E-state index contributed by atoms with van der Waals surface area (Å²) in [5.74, 6) is 0. The minimum atomic E-state index is 0. The molecule has 77 valence electrons. The van der Waals surface area contributed by atoms with Crippen LogP contribution in [-0.4, -0.2) is 15.2 Å². The molecule has 0 atom stereocenters. The summed E-state index contributed by atoms with van der Waals surface area (Å²) in [6.07, 6.45) is 0. The standard InChI is InChI=1S/2C6H5.Al.2ClH/c2*1-2-4-6-5-3-1;;;/h2*1-5H;;2*1H. The number of rotatable bonds is 2. The average molecular weight is 254 g/mol. The SMILES string of the molecule is Cl.Cl.c1cc[c]([Al][c]2ccccc2)cc1. The summed E-state index contributed by atoms with van der Waals surface area (Å²) in [5.41, 5.74) is 0. The Kier molecular flexibility index (Phi) is 7.56. The highest BCUT2D eigenvalue weighted by Crippen LogP contribution is 1.84. The molecule has 3 heteroatoms. The van der Waals surface area contributed by atoms with Crippen molar-refractivity contribution >= 4 is 48.9 Å². The number of halogens is 2. The summed E-state index contributed by atoms with van der Waals surface area (Å²) in [6.45, 7) is 0. The Balaban J connectivity index is 0.000000980. The quantitative estimate of drug-likeness (QED) is 0.720. The number of hydrogen-bond donors (Lipinski definition) is 0. The zero-order chi connectivity index (χ0) is 8.93. The van der Waals surface area contributed by atoms with E-state index >= 15 is 0 Å². The molecule has 2 aromatic carbocycles. The number of benzene rings is 2. The molecule has 0 heterocycles. The third-order valence-electron chi connectivity index (χ3n) is 1.93. The maximum Gasteiger partial charge on any atom is 0.298 e. The van der Waals surface area contributed by atoms with Crippen molar-refractivity contribution < 1.29 is 0 Å². The van der Waals surface area contributed by atoms with Gasteiger partial charge in [0, 0.05) is 0 Å². The van der Waals surface area contributed by atoms with E-state index in [1.165, 1.54) is 8.85 Å². The van der Waals surface area contributed by atoms with Gasteiger partial charge in [0.25, 0.3) is 15.2 Å². The second kappa shape index (κ2) is 7.79. The van der Waals surface area contributed by atoms with Crippen molar-refractivity contribution in [1.29, 1.82) is 0 Å². The van der Waals surface area contributed by atoms with Crippen LogP contribution in [0.25, 0.3) is 0 Å². The van der Waals surface area contributed by atoms with E-state index in [1.54, 1.807) is 0 Å². The highest BCUT2D eigenvalue weighted by Gasteiger charge is 1.96. The van der Waals surface area contributed by atoms with Gasteiger partial charge < -0.3 is 0 Å². The Morgan fingerprint density at radius 1 is 0.533 bits per heavy atom. The zero-order valence-electron chi connectivity index (χ0n) is 8.17. The highest BCUT2D eigenvalue weighted by molar-refractivity contribution is 6.67. The largest absolute Gasteiger partial charge is 0.298 e. The van der Waals surface area contributed by atoms with Crippen molar-refractivity contribution in [2.24, 2.45) is 0 Å². The summed E-state index contributed by atoms with van der Waals surface area (Å²) in [5, 5.41) is 0. The van der Waals surface area contributed by atoms with Crippen LogP contribution in [0.5, 0.6) is 0 Å². The summed E-state index contributed by atoms with van der Waals surface area (Å²) in [6, 6.07) is 21.3. The highest BCUT2D eigenvalue weighted by atomic mass is 35.5. The molecule has 15 heavy (non-hydrogen) atoms. The van der Waals surface area contributed by atoms with E-state index in [-0.39, 0.29) is 40.0 Å². The van der Waals surface area contributed by atoms with Crippen LogP contribution in [0.15, 0.2) is 60.7 Å². The molecule has 0 bridgehead atoms. The van der Waals surface area contributed by atoms with E-state index in [0.29, 0.717) is 0 Å². The van der Waals surface area contributed by atoms with Crippen LogP contribution in [0.4, 0.5) is 0 Å². The molecule has 0 unspecified atom stereocenters. The first-order valence-electron chi connectivity index (χ1n) is 4.40. The normalized spacial score (nSPS) is 8.27. The van der Waals surface area contributed by atoms with Crippen LogP contribution in [0.3, 0.4) is 0 Å². The van der Waals surface area contributed by atoms with E-state index in [9.17, 15) is 0 Å². The zero-order valence-corrected chi connectivity index (χ0v) is 11.0. The molecule has 0 saturated carbocycles. The van der Waals surface area contributed by atoms with Crippen molar-refractivity contribution in [3.63, 3.8) is 0 Å². The maximum atomic E-state index is 2.20. The molecule has 0 amide bonds. The van der Waals surface area contributed by atoms with E-state index in [1.807, 2.05) is 0 Å². The Labute approximate surface area is 109 Å². The Morgan fingerprint density at radius 2 is 0.867 bits per heavy atom. The van der Waals surface area contributed by atoms with Crippen LogP contribution in [0, 0.1) is 0 Å². The fourth-order valence-corrected chi connectivity index (χ4v) is 2.51. The van der Waals surface area contributed by atoms with Crippen molar-refractivity contribution in [1.82, 2.24) is 0 Å². The van der Waals surface area contributed by atoms with Gasteiger partial charge >= 0.3 is 0 Å². The van der Waals surface area contributed by atoms with Gasteiger partial charge in [0.1, 0.15) is 0 Å². The fourth-order valence-electron chi connectivity index (χ4n) is 1.29. The Morgan fingerprint density at radius 3 is 1.20 bits per heavy atom. The molecule has 2 rings (SSSR count). The topological polar surface area (TPSA) is 0 Å². The molecule has 0 fully saturated rings. The van der Waals surface area contributed by atoms with Crippen molar-refractivity contribution in [2.75, 3.05) is 0 Å². The lowest BCUT2D eigenvalue weighted by atomic mass is 10.4. The molecular weight excluding hydrogens is 242 g/mol. The molecule has 0 saturated heterocycles. The van der Waals surface area contributed by atoms with Crippen LogP contribution in [-0.2, 0) is 0 Å². The third kappa shape index (κ3) is 4.73. The fraction of sp³-hybridized carbons (Fsp3) is 0. The minimum absolute atomic E-state index is 0. The smallest absolute Gasteiger partial charge is 0.147 e. The predicted octanol–water partition coefficient (Wildman–Crippen LogP) is 2.19. The molecule has 0 aliphatic heterocycles. The lowest BCUT2D eigenvalue weighted by Crippen LogP contribution is -2.26.